The second-order valence-corrected chi connectivity index (χ2v) is 8.14. The largest absolute Gasteiger partial charge is 0.497 e. The standard InChI is InChI=1S/C19H26N4O3S.HI/c1-20-19(21-13-15-9-11-17(26-4)12-10-15)22-14-16-7-5-6-8-18(16)27(24,25)23(2)3;/h5-12H,13-14H2,1-4H3,(H2,20,21,22);1H. The molecule has 0 saturated heterocycles. The molecule has 0 radical (unpaired) electrons. The van der Waals surface area contributed by atoms with Gasteiger partial charge in [-0.05, 0) is 29.3 Å². The second kappa shape index (κ2) is 11.2. The van der Waals surface area contributed by atoms with Crippen molar-refractivity contribution in [3.05, 3.63) is 59.7 Å². The maximum absolute atomic E-state index is 12.5. The highest BCUT2D eigenvalue weighted by molar-refractivity contribution is 14.0. The Morgan fingerprint density at radius 1 is 1.04 bits per heavy atom. The lowest BCUT2D eigenvalue weighted by Crippen LogP contribution is -2.36. The highest BCUT2D eigenvalue weighted by Crippen LogP contribution is 2.18. The van der Waals surface area contributed by atoms with Gasteiger partial charge in [-0.25, -0.2) is 12.7 Å². The number of guanidine groups is 1. The molecular weight excluding hydrogens is 491 g/mol. The quantitative estimate of drug-likeness (QED) is 0.334. The van der Waals surface area contributed by atoms with Crippen LogP contribution in [-0.4, -0.2) is 46.9 Å². The van der Waals surface area contributed by atoms with Crippen molar-refractivity contribution < 1.29 is 13.2 Å². The molecule has 2 aromatic rings. The van der Waals surface area contributed by atoms with E-state index in [0.29, 0.717) is 24.6 Å². The first-order valence-electron chi connectivity index (χ1n) is 8.46. The Hall–Kier alpha value is -1.85. The molecule has 2 aromatic carbocycles. The summed E-state index contributed by atoms with van der Waals surface area (Å²) in [6, 6.07) is 14.7. The van der Waals surface area contributed by atoms with E-state index in [9.17, 15) is 8.42 Å². The Morgan fingerprint density at radius 2 is 1.64 bits per heavy atom. The number of nitrogens with one attached hydrogen (secondary N) is 2. The molecule has 28 heavy (non-hydrogen) atoms. The van der Waals surface area contributed by atoms with E-state index in [4.69, 9.17) is 4.74 Å². The monoisotopic (exact) mass is 518 g/mol. The zero-order valence-electron chi connectivity index (χ0n) is 16.5. The van der Waals surface area contributed by atoms with Crippen LogP contribution in [0.2, 0.25) is 0 Å². The molecule has 0 aliphatic carbocycles. The molecule has 154 valence electrons. The first-order valence-corrected chi connectivity index (χ1v) is 9.90. The van der Waals surface area contributed by atoms with Crippen LogP contribution in [0.25, 0.3) is 0 Å². The smallest absolute Gasteiger partial charge is 0.242 e. The van der Waals surface area contributed by atoms with Gasteiger partial charge >= 0.3 is 0 Å². The zero-order valence-corrected chi connectivity index (χ0v) is 19.6. The minimum absolute atomic E-state index is 0. The molecule has 0 unspecified atom stereocenters. The second-order valence-electron chi connectivity index (χ2n) is 6.02. The summed E-state index contributed by atoms with van der Waals surface area (Å²) < 4.78 is 31.3. The molecule has 0 fully saturated rings. The summed E-state index contributed by atoms with van der Waals surface area (Å²) in [6.45, 7) is 0.923. The maximum atomic E-state index is 12.5. The van der Waals surface area contributed by atoms with Crippen molar-refractivity contribution in [3.63, 3.8) is 0 Å². The van der Waals surface area contributed by atoms with E-state index in [1.165, 1.54) is 18.4 Å². The Morgan fingerprint density at radius 3 is 2.21 bits per heavy atom. The number of hydrogen-bond donors (Lipinski definition) is 2. The van der Waals surface area contributed by atoms with Gasteiger partial charge in [-0.2, -0.15) is 0 Å². The number of ether oxygens (including phenoxy) is 1. The molecule has 0 spiro atoms. The minimum atomic E-state index is -3.50. The Labute approximate surface area is 184 Å². The van der Waals surface area contributed by atoms with Crippen LogP contribution >= 0.6 is 24.0 Å². The lowest BCUT2D eigenvalue weighted by molar-refractivity contribution is 0.414. The Kier molecular flexibility index (Phi) is 9.70. The van der Waals surface area contributed by atoms with Crippen molar-refractivity contribution in [2.45, 2.75) is 18.0 Å². The SMILES string of the molecule is CN=C(NCc1ccc(OC)cc1)NCc1ccccc1S(=O)(=O)N(C)C.I. The summed E-state index contributed by atoms with van der Waals surface area (Å²) in [4.78, 5) is 4.47. The third-order valence-electron chi connectivity index (χ3n) is 4.02. The number of nitrogens with zero attached hydrogens (tertiary/aromatic N) is 2. The van der Waals surface area contributed by atoms with Crippen molar-refractivity contribution in [2.24, 2.45) is 4.99 Å². The average Bonchev–Trinajstić information content (AvgIpc) is 2.68. The number of benzene rings is 2. The van der Waals surface area contributed by atoms with Crippen LogP contribution in [-0.2, 0) is 23.1 Å². The Bertz CT molecular complexity index is 884. The summed E-state index contributed by atoms with van der Waals surface area (Å²) >= 11 is 0. The Balaban J connectivity index is 0.00000392. The molecule has 0 amide bonds. The van der Waals surface area contributed by atoms with E-state index < -0.39 is 10.0 Å². The zero-order chi connectivity index (χ0) is 19.9. The van der Waals surface area contributed by atoms with Crippen LogP contribution < -0.4 is 15.4 Å². The number of rotatable bonds is 7. The number of hydrogen-bond acceptors (Lipinski definition) is 4. The fourth-order valence-corrected chi connectivity index (χ4v) is 3.54. The van der Waals surface area contributed by atoms with Crippen LogP contribution in [0.4, 0.5) is 0 Å². The van der Waals surface area contributed by atoms with Gasteiger partial charge < -0.3 is 15.4 Å². The molecule has 0 aromatic heterocycles. The van der Waals surface area contributed by atoms with Gasteiger partial charge in [0.05, 0.1) is 12.0 Å². The van der Waals surface area contributed by atoms with E-state index in [2.05, 4.69) is 15.6 Å². The summed E-state index contributed by atoms with van der Waals surface area (Å²) in [6.07, 6.45) is 0. The lowest BCUT2D eigenvalue weighted by Gasteiger charge is -2.17. The van der Waals surface area contributed by atoms with Crippen LogP contribution in [0.5, 0.6) is 5.75 Å². The average molecular weight is 518 g/mol. The highest BCUT2D eigenvalue weighted by atomic mass is 127. The van der Waals surface area contributed by atoms with E-state index in [0.717, 1.165) is 11.3 Å². The third kappa shape index (κ3) is 6.35. The molecule has 9 heteroatoms. The molecule has 0 aliphatic rings. The van der Waals surface area contributed by atoms with Crippen LogP contribution in [0.1, 0.15) is 11.1 Å². The number of halogens is 1. The number of sulfonamides is 1. The molecule has 2 N–H and O–H groups in total. The van der Waals surface area contributed by atoms with Crippen molar-refractivity contribution in [1.82, 2.24) is 14.9 Å². The molecule has 7 nitrogen and oxygen atoms in total. The number of methoxy groups -OCH3 is 1. The molecule has 0 atom stereocenters. The topological polar surface area (TPSA) is 83.0 Å². The third-order valence-corrected chi connectivity index (χ3v) is 5.94. The van der Waals surface area contributed by atoms with Crippen molar-refractivity contribution in [2.75, 3.05) is 28.3 Å². The van der Waals surface area contributed by atoms with Crippen molar-refractivity contribution in [3.8, 4) is 5.75 Å². The van der Waals surface area contributed by atoms with Crippen molar-refractivity contribution in [1.29, 1.82) is 0 Å². The molecule has 0 heterocycles. The molecule has 0 aliphatic heterocycles. The maximum Gasteiger partial charge on any atom is 0.242 e. The predicted molar refractivity (Wildman–Crippen MR) is 123 cm³/mol. The van der Waals surface area contributed by atoms with Gasteiger partial charge in [0.25, 0.3) is 0 Å². The minimum Gasteiger partial charge on any atom is -0.497 e. The fourth-order valence-electron chi connectivity index (χ4n) is 2.43. The van der Waals surface area contributed by atoms with Gasteiger partial charge in [0.15, 0.2) is 5.96 Å². The molecule has 0 saturated carbocycles. The summed E-state index contributed by atoms with van der Waals surface area (Å²) in [5.74, 6) is 1.39. The van der Waals surface area contributed by atoms with Gasteiger partial charge in [-0.15, -0.1) is 24.0 Å². The van der Waals surface area contributed by atoms with Gasteiger partial charge in [0.2, 0.25) is 10.0 Å². The van der Waals surface area contributed by atoms with Gasteiger partial charge in [-0.1, -0.05) is 30.3 Å². The first kappa shape index (κ1) is 24.2. The first-order chi connectivity index (χ1) is 12.9. The molecule has 0 bridgehead atoms. The fraction of sp³-hybridized carbons (Fsp3) is 0.316. The normalized spacial score (nSPS) is 11.7. The van der Waals surface area contributed by atoms with E-state index in [1.54, 1.807) is 32.4 Å². The van der Waals surface area contributed by atoms with Gasteiger partial charge in [0.1, 0.15) is 5.75 Å². The predicted octanol–water partition coefficient (Wildman–Crippen LogP) is 2.43. The summed E-state index contributed by atoms with van der Waals surface area (Å²) in [7, 11) is 2.85. The highest BCUT2D eigenvalue weighted by Gasteiger charge is 2.20. The summed E-state index contributed by atoms with van der Waals surface area (Å²) in [5, 5.41) is 6.37. The number of aliphatic imine (C=N–C) groups is 1. The molecule has 2 rings (SSSR count). The van der Waals surface area contributed by atoms with Crippen LogP contribution in [0, 0.1) is 0 Å². The summed E-state index contributed by atoms with van der Waals surface area (Å²) in [5.41, 5.74) is 1.76. The van der Waals surface area contributed by atoms with E-state index in [-0.39, 0.29) is 28.9 Å². The lowest BCUT2D eigenvalue weighted by atomic mass is 10.2. The van der Waals surface area contributed by atoms with E-state index in [1.807, 2.05) is 30.3 Å². The van der Waals surface area contributed by atoms with Crippen LogP contribution in [0.15, 0.2) is 58.4 Å². The van der Waals surface area contributed by atoms with Crippen molar-refractivity contribution >= 4 is 40.0 Å². The van der Waals surface area contributed by atoms with Gasteiger partial charge in [0, 0.05) is 34.2 Å². The van der Waals surface area contributed by atoms with Gasteiger partial charge in [-0.3, -0.25) is 4.99 Å². The van der Waals surface area contributed by atoms with E-state index >= 15 is 0 Å². The molecular formula is C19H27IN4O3S. The van der Waals surface area contributed by atoms with Crippen LogP contribution in [0.3, 0.4) is 0 Å².